The van der Waals surface area contributed by atoms with Crippen LogP contribution in [0.3, 0.4) is 0 Å². The fraction of sp³-hybridized carbons (Fsp3) is 0.222. The Kier molecular flexibility index (Phi) is 4.36. The topological polar surface area (TPSA) is 29.0 Å². The Morgan fingerprint density at radius 1 is 1.09 bits per heavy atom. The van der Waals surface area contributed by atoms with Gasteiger partial charge in [-0.3, -0.25) is 9.88 Å². The Morgan fingerprint density at radius 2 is 1.86 bits per heavy atom. The van der Waals surface area contributed by atoms with Crippen molar-refractivity contribution in [2.75, 3.05) is 7.05 Å². The second kappa shape index (κ2) is 6.42. The molecule has 3 aromatic rings. The van der Waals surface area contributed by atoms with Crippen LogP contribution in [0.1, 0.15) is 24.2 Å². The van der Waals surface area contributed by atoms with Gasteiger partial charge >= 0.3 is 0 Å². The summed E-state index contributed by atoms with van der Waals surface area (Å²) < 4.78 is 0. The summed E-state index contributed by atoms with van der Waals surface area (Å²) in [5, 5.41) is 1.77. The van der Waals surface area contributed by atoms with Gasteiger partial charge < -0.3 is 0 Å². The van der Waals surface area contributed by atoms with Crippen molar-refractivity contribution in [3.05, 3.63) is 71.1 Å². The molecule has 0 radical (unpaired) electrons. The van der Waals surface area contributed by atoms with E-state index < -0.39 is 0 Å². The van der Waals surface area contributed by atoms with Gasteiger partial charge in [0, 0.05) is 30.4 Å². The van der Waals surface area contributed by atoms with Crippen LogP contribution in [-0.2, 0) is 6.54 Å². The van der Waals surface area contributed by atoms with Crippen molar-refractivity contribution in [3.63, 3.8) is 0 Å². The number of rotatable bonds is 4. The molecule has 0 aliphatic heterocycles. The van der Waals surface area contributed by atoms with Crippen LogP contribution < -0.4 is 0 Å². The molecule has 0 aliphatic carbocycles. The second-order valence-electron chi connectivity index (χ2n) is 5.49. The number of hydrogen-bond donors (Lipinski definition) is 0. The maximum Gasteiger partial charge on any atom is 0.0891 e. The molecule has 3 nitrogen and oxygen atoms in total. The van der Waals surface area contributed by atoms with E-state index in [0.29, 0.717) is 11.1 Å². The molecule has 4 heteroatoms. The van der Waals surface area contributed by atoms with Crippen molar-refractivity contribution in [1.82, 2.24) is 14.9 Å². The molecule has 1 unspecified atom stereocenters. The quantitative estimate of drug-likeness (QED) is 0.711. The SMILES string of the molecule is CC(c1ccncc1)N(C)Cc1ccc2cccc(Cl)c2n1. The fourth-order valence-corrected chi connectivity index (χ4v) is 2.75. The first-order valence-corrected chi connectivity index (χ1v) is 7.67. The van der Waals surface area contributed by atoms with Crippen molar-refractivity contribution in [2.45, 2.75) is 19.5 Å². The third-order valence-electron chi connectivity index (χ3n) is 3.99. The van der Waals surface area contributed by atoms with Gasteiger partial charge in [0.1, 0.15) is 0 Å². The summed E-state index contributed by atoms with van der Waals surface area (Å²) in [5.74, 6) is 0. The van der Waals surface area contributed by atoms with Crippen LogP contribution in [0.5, 0.6) is 0 Å². The third-order valence-corrected chi connectivity index (χ3v) is 4.29. The first-order chi connectivity index (χ1) is 10.6. The van der Waals surface area contributed by atoms with E-state index in [-0.39, 0.29) is 0 Å². The average molecular weight is 312 g/mol. The maximum atomic E-state index is 6.24. The van der Waals surface area contributed by atoms with Crippen LogP contribution >= 0.6 is 11.6 Å². The van der Waals surface area contributed by atoms with Crippen LogP contribution in [0.25, 0.3) is 10.9 Å². The van der Waals surface area contributed by atoms with Gasteiger partial charge in [0.2, 0.25) is 0 Å². The summed E-state index contributed by atoms with van der Waals surface area (Å²) in [6.45, 7) is 2.95. The summed E-state index contributed by atoms with van der Waals surface area (Å²) in [4.78, 5) is 11.0. The molecule has 0 N–H and O–H groups in total. The largest absolute Gasteiger partial charge is 0.294 e. The Balaban J connectivity index is 1.82. The van der Waals surface area contributed by atoms with Crippen molar-refractivity contribution < 1.29 is 0 Å². The molecule has 22 heavy (non-hydrogen) atoms. The van der Waals surface area contributed by atoms with Gasteiger partial charge in [-0.1, -0.05) is 29.8 Å². The smallest absolute Gasteiger partial charge is 0.0891 e. The highest BCUT2D eigenvalue weighted by atomic mass is 35.5. The minimum absolute atomic E-state index is 0.298. The molecular formula is C18H18ClN3. The van der Waals surface area contributed by atoms with E-state index in [0.717, 1.165) is 23.1 Å². The molecule has 1 aromatic carbocycles. The summed E-state index contributed by atoms with van der Waals surface area (Å²) in [6.07, 6.45) is 3.65. The van der Waals surface area contributed by atoms with Crippen molar-refractivity contribution in [1.29, 1.82) is 0 Å². The molecule has 0 saturated carbocycles. The molecule has 2 aromatic heterocycles. The van der Waals surface area contributed by atoms with E-state index >= 15 is 0 Å². The molecular weight excluding hydrogens is 294 g/mol. The fourth-order valence-electron chi connectivity index (χ4n) is 2.53. The van der Waals surface area contributed by atoms with Crippen molar-refractivity contribution in [3.8, 4) is 0 Å². The van der Waals surface area contributed by atoms with Crippen molar-refractivity contribution >= 4 is 22.5 Å². The molecule has 0 spiro atoms. The van der Waals surface area contributed by atoms with Gasteiger partial charge in [-0.25, -0.2) is 4.98 Å². The second-order valence-corrected chi connectivity index (χ2v) is 5.89. The molecule has 0 aliphatic rings. The Hall–Kier alpha value is -1.97. The standard InChI is InChI=1S/C18H18ClN3/c1-13(14-8-10-20-11-9-14)22(2)12-16-7-6-15-4-3-5-17(19)18(15)21-16/h3-11,13H,12H2,1-2H3. The number of nitrogens with zero attached hydrogens (tertiary/aromatic N) is 3. The Labute approximate surface area is 135 Å². The van der Waals surface area contributed by atoms with Gasteiger partial charge in [-0.2, -0.15) is 0 Å². The molecule has 112 valence electrons. The lowest BCUT2D eigenvalue weighted by Gasteiger charge is -2.24. The normalized spacial score (nSPS) is 12.7. The van der Waals surface area contributed by atoms with Crippen LogP contribution in [0.2, 0.25) is 5.02 Å². The first-order valence-electron chi connectivity index (χ1n) is 7.29. The van der Waals surface area contributed by atoms with Gasteiger partial charge in [-0.05, 0) is 43.8 Å². The first kappa shape index (κ1) is 14.9. The van der Waals surface area contributed by atoms with E-state index in [9.17, 15) is 0 Å². The highest BCUT2D eigenvalue weighted by Gasteiger charge is 2.13. The van der Waals surface area contributed by atoms with E-state index in [1.807, 2.05) is 42.7 Å². The van der Waals surface area contributed by atoms with E-state index in [1.165, 1.54) is 5.56 Å². The molecule has 0 bridgehead atoms. The Bertz CT molecular complexity index is 774. The van der Waals surface area contributed by atoms with Gasteiger partial charge in [0.25, 0.3) is 0 Å². The number of fused-ring (bicyclic) bond motifs is 1. The van der Waals surface area contributed by atoms with Crippen LogP contribution in [0.4, 0.5) is 0 Å². The van der Waals surface area contributed by atoms with Crippen LogP contribution in [-0.4, -0.2) is 21.9 Å². The summed E-state index contributed by atoms with van der Waals surface area (Å²) in [6, 6.07) is 14.4. The number of para-hydroxylation sites is 1. The number of aromatic nitrogens is 2. The zero-order valence-electron chi connectivity index (χ0n) is 12.7. The highest BCUT2D eigenvalue weighted by Crippen LogP contribution is 2.23. The highest BCUT2D eigenvalue weighted by molar-refractivity contribution is 6.35. The average Bonchev–Trinajstić information content (AvgIpc) is 2.55. The van der Waals surface area contributed by atoms with E-state index in [1.54, 1.807) is 0 Å². The van der Waals surface area contributed by atoms with Crippen molar-refractivity contribution in [2.24, 2.45) is 0 Å². The number of halogens is 1. The zero-order valence-corrected chi connectivity index (χ0v) is 13.5. The molecule has 1 atom stereocenters. The summed E-state index contributed by atoms with van der Waals surface area (Å²) >= 11 is 6.24. The molecule has 3 rings (SSSR count). The minimum atomic E-state index is 0.298. The lowest BCUT2D eigenvalue weighted by Crippen LogP contribution is -2.22. The number of benzene rings is 1. The predicted molar refractivity (Wildman–Crippen MR) is 90.9 cm³/mol. The molecule has 0 amide bonds. The van der Waals surface area contributed by atoms with Gasteiger partial charge in [0.15, 0.2) is 0 Å². The lowest BCUT2D eigenvalue weighted by molar-refractivity contribution is 0.250. The molecule has 2 heterocycles. The summed E-state index contributed by atoms with van der Waals surface area (Å²) in [5.41, 5.74) is 3.13. The molecule has 0 saturated heterocycles. The van der Waals surface area contributed by atoms with Gasteiger partial charge in [-0.15, -0.1) is 0 Å². The Morgan fingerprint density at radius 3 is 2.64 bits per heavy atom. The van der Waals surface area contributed by atoms with E-state index in [4.69, 9.17) is 16.6 Å². The van der Waals surface area contributed by atoms with E-state index in [2.05, 4.69) is 36.0 Å². The number of hydrogen-bond acceptors (Lipinski definition) is 3. The van der Waals surface area contributed by atoms with Gasteiger partial charge in [0.05, 0.1) is 16.2 Å². The van der Waals surface area contributed by atoms with Crippen LogP contribution in [0.15, 0.2) is 54.9 Å². The molecule has 0 fully saturated rings. The number of pyridine rings is 2. The summed E-state index contributed by atoms with van der Waals surface area (Å²) in [7, 11) is 2.10. The monoisotopic (exact) mass is 311 g/mol. The zero-order chi connectivity index (χ0) is 15.5. The maximum absolute atomic E-state index is 6.24. The lowest BCUT2D eigenvalue weighted by atomic mass is 10.1. The third kappa shape index (κ3) is 3.11. The predicted octanol–water partition coefficient (Wildman–Crippen LogP) is 4.48. The minimum Gasteiger partial charge on any atom is -0.294 e. The van der Waals surface area contributed by atoms with Crippen LogP contribution in [0, 0.1) is 0 Å².